The summed E-state index contributed by atoms with van der Waals surface area (Å²) in [6, 6.07) is -0.553. The molecule has 1 rings (SSSR count). The van der Waals surface area contributed by atoms with Crippen LogP contribution in [0.15, 0.2) is 6.20 Å². The number of aliphatic carboxylic acids is 1. The average Bonchev–Trinajstić information content (AvgIpc) is 2.40. The molecule has 0 N–H and O–H groups in total. The predicted molar refractivity (Wildman–Crippen MR) is 63.9 cm³/mol. The summed E-state index contributed by atoms with van der Waals surface area (Å²) >= 11 is 2.96. The number of carbonyl (C=O) groups excluding carboxylic acids is 1. The number of hydrogen-bond acceptors (Lipinski definition) is 2. The molecular weight excluding hydrogens is 285 g/mol. The van der Waals surface area contributed by atoms with Crippen molar-refractivity contribution in [2.45, 2.75) is 12.5 Å². The van der Waals surface area contributed by atoms with E-state index < -0.39 is 12.0 Å². The van der Waals surface area contributed by atoms with Gasteiger partial charge in [0, 0.05) is 0 Å². The van der Waals surface area contributed by atoms with E-state index in [0.29, 0.717) is 10.9 Å². The molecule has 0 aliphatic rings. The van der Waals surface area contributed by atoms with Gasteiger partial charge in [0.25, 0.3) is 0 Å². The van der Waals surface area contributed by atoms with Crippen molar-refractivity contribution in [3.05, 3.63) is 16.2 Å². The number of hydrogen-bond donors (Lipinski definition) is 0. The zero-order valence-electron chi connectivity index (χ0n) is 10.9. The van der Waals surface area contributed by atoms with Crippen LogP contribution in [0, 0.1) is 4.32 Å². The van der Waals surface area contributed by atoms with Gasteiger partial charge in [-0.05, 0) is 0 Å². The molecule has 6 heteroatoms. The fourth-order valence-corrected chi connectivity index (χ4v) is 2.14. The van der Waals surface area contributed by atoms with E-state index in [0.717, 1.165) is 10.0 Å². The third-order valence-electron chi connectivity index (χ3n) is 2.97. The van der Waals surface area contributed by atoms with Gasteiger partial charge in [-0.15, -0.1) is 0 Å². The summed E-state index contributed by atoms with van der Waals surface area (Å²) in [7, 11) is 9.44. The summed E-state index contributed by atoms with van der Waals surface area (Å²) in [5.41, 5.74) is 0.975. The number of rotatable bonds is 4. The van der Waals surface area contributed by atoms with Gasteiger partial charge in [0.1, 0.15) is 0 Å². The van der Waals surface area contributed by atoms with Crippen LogP contribution in [-0.4, -0.2) is 62.3 Å². The Labute approximate surface area is 109 Å². The van der Waals surface area contributed by atoms with Crippen molar-refractivity contribution in [2.75, 3.05) is 21.1 Å². The van der Waals surface area contributed by atoms with Crippen molar-refractivity contribution in [1.82, 2.24) is 9.13 Å². The van der Waals surface area contributed by atoms with Gasteiger partial charge >= 0.3 is 109 Å². The molecule has 0 saturated heterocycles. The zero-order chi connectivity index (χ0) is 13.4. The second-order valence-corrected chi connectivity index (χ2v) is 5.99. The molecule has 1 heterocycles. The second-order valence-electron chi connectivity index (χ2n) is 5.23. The van der Waals surface area contributed by atoms with Crippen LogP contribution in [0.3, 0.4) is 0 Å². The number of carboxylic acids is 1. The fourth-order valence-electron chi connectivity index (χ4n) is 1.79. The minimum atomic E-state index is -1.01. The summed E-state index contributed by atoms with van der Waals surface area (Å²) in [6.45, 7) is 0. The molecule has 5 nitrogen and oxygen atoms in total. The molecule has 0 fully saturated rings. The molecule has 17 heavy (non-hydrogen) atoms. The molecule has 0 aliphatic heterocycles. The van der Waals surface area contributed by atoms with Crippen molar-refractivity contribution >= 4 is 21.5 Å². The molecular formula is C11H19N3O2Se. The molecule has 0 saturated carbocycles. The van der Waals surface area contributed by atoms with Crippen molar-refractivity contribution in [1.29, 1.82) is 0 Å². The first-order valence-corrected chi connectivity index (χ1v) is 6.23. The van der Waals surface area contributed by atoms with Crippen LogP contribution in [0.5, 0.6) is 0 Å². The maximum absolute atomic E-state index is 11.2. The Morgan fingerprint density at radius 1 is 1.47 bits per heavy atom. The van der Waals surface area contributed by atoms with E-state index in [1.54, 1.807) is 0 Å². The number of aryl methyl sites for hydroxylation is 1. The van der Waals surface area contributed by atoms with Crippen LogP contribution >= 0.6 is 0 Å². The van der Waals surface area contributed by atoms with Gasteiger partial charge in [-0.2, -0.15) is 0 Å². The molecule has 96 valence electrons. The number of carboxylic acid groups (broad SMARTS) is 1. The number of imidazole rings is 1. The van der Waals surface area contributed by atoms with E-state index in [1.807, 2.05) is 50.6 Å². The van der Waals surface area contributed by atoms with E-state index in [1.165, 1.54) is 0 Å². The number of quaternary nitrogens is 1. The second kappa shape index (κ2) is 4.80. The summed E-state index contributed by atoms with van der Waals surface area (Å²) in [5, 5.41) is 11.2. The van der Waals surface area contributed by atoms with Crippen LogP contribution in [0.2, 0.25) is 0 Å². The number of likely N-dealkylation sites (N-methyl/N-ethyl adjacent to an activating group) is 1. The molecule has 1 aromatic rings. The van der Waals surface area contributed by atoms with Gasteiger partial charge in [-0.1, -0.05) is 0 Å². The zero-order valence-corrected chi connectivity index (χ0v) is 12.6. The minimum absolute atomic E-state index is 0.347. The molecule has 0 aromatic carbocycles. The molecule has 0 spiro atoms. The van der Waals surface area contributed by atoms with Crippen molar-refractivity contribution in [3.8, 4) is 0 Å². The van der Waals surface area contributed by atoms with E-state index in [9.17, 15) is 9.90 Å². The molecule has 1 atom stereocenters. The molecule has 0 bridgehead atoms. The summed E-state index contributed by atoms with van der Waals surface area (Å²) in [5.74, 6) is -1.01. The van der Waals surface area contributed by atoms with Crippen LogP contribution in [-0.2, 0) is 25.3 Å². The summed E-state index contributed by atoms with van der Waals surface area (Å²) in [4.78, 5) is 11.2. The summed E-state index contributed by atoms with van der Waals surface area (Å²) < 4.78 is 5.22. The first-order valence-electron chi connectivity index (χ1n) is 5.37. The number of aromatic nitrogens is 2. The Kier molecular flexibility index (Phi) is 4.02. The van der Waals surface area contributed by atoms with Crippen molar-refractivity contribution < 1.29 is 14.4 Å². The SMILES string of the molecule is Cn1cc(C[C@@H](C(=O)[O-])[N+](C)(C)C)n(C)c1=[Se]. The van der Waals surface area contributed by atoms with Gasteiger partial charge in [-0.25, -0.2) is 0 Å². The fraction of sp³-hybridized carbons (Fsp3) is 0.636. The van der Waals surface area contributed by atoms with Gasteiger partial charge in [0.2, 0.25) is 0 Å². The van der Waals surface area contributed by atoms with Gasteiger partial charge in [0.05, 0.1) is 0 Å². The van der Waals surface area contributed by atoms with Gasteiger partial charge < -0.3 is 0 Å². The number of carbonyl (C=O) groups is 1. The normalized spacial score (nSPS) is 13.7. The third kappa shape index (κ3) is 3.09. The number of nitrogens with zero attached hydrogens (tertiary/aromatic N) is 3. The maximum atomic E-state index is 11.2. The average molecular weight is 304 g/mol. The third-order valence-corrected chi connectivity index (χ3v) is 4.15. The monoisotopic (exact) mass is 305 g/mol. The Bertz CT molecular complexity index is 482. The van der Waals surface area contributed by atoms with E-state index in [-0.39, 0.29) is 0 Å². The van der Waals surface area contributed by atoms with E-state index in [4.69, 9.17) is 0 Å². The molecule has 0 amide bonds. The Hall–Kier alpha value is -0.841. The molecule has 0 unspecified atom stereocenters. The van der Waals surface area contributed by atoms with Gasteiger partial charge in [0.15, 0.2) is 0 Å². The standard InChI is InChI=1S/C11H19N3O2Se/c1-12-7-8(13(2)11(12)17)6-9(10(15)16)14(3,4)5/h7,9H,6H2,1-5H3/t9-/m0/s1. The molecule has 0 aliphatic carbocycles. The summed E-state index contributed by atoms with van der Waals surface area (Å²) in [6.07, 6.45) is 2.40. The van der Waals surface area contributed by atoms with E-state index >= 15 is 0 Å². The van der Waals surface area contributed by atoms with Gasteiger partial charge in [-0.3, -0.25) is 0 Å². The Morgan fingerprint density at radius 2 is 2.00 bits per heavy atom. The van der Waals surface area contributed by atoms with Crippen LogP contribution in [0.25, 0.3) is 0 Å². The predicted octanol–water partition coefficient (Wildman–Crippen LogP) is -1.57. The van der Waals surface area contributed by atoms with E-state index in [2.05, 4.69) is 15.6 Å². The quantitative estimate of drug-likeness (QED) is 0.499. The van der Waals surface area contributed by atoms with Crippen molar-refractivity contribution in [3.63, 3.8) is 0 Å². The van der Waals surface area contributed by atoms with Crippen molar-refractivity contribution in [2.24, 2.45) is 14.1 Å². The Morgan fingerprint density at radius 3 is 2.29 bits per heavy atom. The topological polar surface area (TPSA) is 50.0 Å². The molecule has 0 radical (unpaired) electrons. The molecule has 1 aromatic heterocycles. The first kappa shape index (κ1) is 14.2. The van der Waals surface area contributed by atoms with Crippen LogP contribution in [0.1, 0.15) is 5.69 Å². The van der Waals surface area contributed by atoms with Crippen LogP contribution in [0.4, 0.5) is 0 Å². The Balaban J connectivity index is 3.07. The first-order chi connectivity index (χ1) is 7.64. The van der Waals surface area contributed by atoms with Crippen LogP contribution < -0.4 is 5.11 Å².